The van der Waals surface area contributed by atoms with Gasteiger partial charge >= 0.3 is 5.97 Å². The van der Waals surface area contributed by atoms with Gasteiger partial charge in [-0.05, 0) is 43.7 Å². The highest BCUT2D eigenvalue weighted by molar-refractivity contribution is 5.89. The molecule has 0 spiro atoms. The Bertz CT molecular complexity index is 448. The summed E-state index contributed by atoms with van der Waals surface area (Å²) in [4.78, 5) is 13.8. The van der Waals surface area contributed by atoms with E-state index in [4.69, 9.17) is 4.74 Å². The lowest BCUT2D eigenvalue weighted by molar-refractivity contribution is 0.0526. The van der Waals surface area contributed by atoms with Crippen molar-refractivity contribution in [2.45, 2.75) is 13.3 Å². The Kier molecular flexibility index (Phi) is 4.15. The Balaban J connectivity index is 2.10. The summed E-state index contributed by atoms with van der Waals surface area (Å²) in [6.07, 6.45) is 3.32. The maximum atomic E-state index is 11.5. The fourth-order valence-corrected chi connectivity index (χ4v) is 2.07. The highest BCUT2D eigenvalue weighted by Gasteiger charge is 2.11. The Morgan fingerprint density at radius 1 is 1.33 bits per heavy atom. The monoisotopic (exact) mass is 245 g/mol. The maximum Gasteiger partial charge on any atom is 0.338 e. The topological polar surface area (TPSA) is 29.5 Å². The number of likely N-dealkylation sites (N-methyl/N-ethyl adjacent to an activating group) is 1. The van der Waals surface area contributed by atoms with Crippen molar-refractivity contribution in [2.24, 2.45) is 0 Å². The van der Waals surface area contributed by atoms with Crippen LogP contribution in [0.2, 0.25) is 0 Å². The number of hydrogen-bond donors (Lipinski definition) is 0. The van der Waals surface area contributed by atoms with Gasteiger partial charge in [0, 0.05) is 13.1 Å². The summed E-state index contributed by atoms with van der Waals surface area (Å²) in [6.45, 7) is 4.31. The molecule has 96 valence electrons. The number of nitrogens with zero attached hydrogens (tertiary/aromatic N) is 1. The molecule has 1 aromatic rings. The zero-order chi connectivity index (χ0) is 13.0. The van der Waals surface area contributed by atoms with Gasteiger partial charge in [0.05, 0.1) is 12.2 Å². The van der Waals surface area contributed by atoms with Crippen molar-refractivity contribution in [3.05, 3.63) is 41.5 Å². The predicted octanol–water partition coefficient (Wildman–Crippen LogP) is 2.58. The summed E-state index contributed by atoms with van der Waals surface area (Å²) in [5.74, 6) is -0.249. The molecule has 0 N–H and O–H groups in total. The van der Waals surface area contributed by atoms with E-state index < -0.39 is 0 Å². The van der Waals surface area contributed by atoms with Gasteiger partial charge in [0.2, 0.25) is 0 Å². The van der Waals surface area contributed by atoms with Crippen LogP contribution in [0.1, 0.15) is 29.3 Å². The van der Waals surface area contributed by atoms with Gasteiger partial charge in [-0.2, -0.15) is 0 Å². The number of carbonyl (C=O) groups is 1. The van der Waals surface area contributed by atoms with Crippen LogP contribution in [0.4, 0.5) is 0 Å². The standard InChI is InChI=1S/C15H19NO2/c1-3-18-15(17)14-6-4-12(5-7-14)13-8-10-16(2)11-9-13/h4-8H,3,9-11H2,1-2H3. The molecule has 0 unspecified atom stereocenters. The molecule has 1 aromatic carbocycles. The third kappa shape index (κ3) is 2.99. The Morgan fingerprint density at radius 3 is 2.61 bits per heavy atom. The summed E-state index contributed by atoms with van der Waals surface area (Å²) >= 11 is 0. The molecule has 0 atom stereocenters. The quantitative estimate of drug-likeness (QED) is 0.767. The van der Waals surface area contributed by atoms with Crippen molar-refractivity contribution in [1.29, 1.82) is 0 Å². The lowest BCUT2D eigenvalue weighted by Gasteiger charge is -2.22. The van der Waals surface area contributed by atoms with Crippen LogP contribution >= 0.6 is 0 Å². The fourth-order valence-electron chi connectivity index (χ4n) is 2.07. The third-order valence-corrected chi connectivity index (χ3v) is 3.18. The fraction of sp³-hybridized carbons (Fsp3) is 0.400. The second kappa shape index (κ2) is 5.83. The van der Waals surface area contributed by atoms with Crippen molar-refractivity contribution < 1.29 is 9.53 Å². The molecule has 2 rings (SSSR count). The van der Waals surface area contributed by atoms with Gasteiger partial charge in [-0.15, -0.1) is 0 Å². The average Bonchev–Trinajstić information content (AvgIpc) is 2.40. The van der Waals surface area contributed by atoms with Crippen LogP contribution in [-0.2, 0) is 4.74 Å². The predicted molar refractivity (Wildman–Crippen MR) is 72.5 cm³/mol. The van der Waals surface area contributed by atoms with Crippen LogP contribution in [0.25, 0.3) is 5.57 Å². The summed E-state index contributed by atoms with van der Waals surface area (Å²) in [6, 6.07) is 7.69. The van der Waals surface area contributed by atoms with E-state index in [1.54, 1.807) is 0 Å². The molecular weight excluding hydrogens is 226 g/mol. The summed E-state index contributed by atoms with van der Waals surface area (Å²) in [5.41, 5.74) is 3.19. The van der Waals surface area contributed by atoms with Gasteiger partial charge in [0.15, 0.2) is 0 Å². The molecule has 1 aliphatic rings. The van der Waals surface area contributed by atoms with E-state index >= 15 is 0 Å². The van der Waals surface area contributed by atoms with Crippen molar-refractivity contribution in [1.82, 2.24) is 4.90 Å². The second-order valence-electron chi connectivity index (χ2n) is 4.54. The molecule has 0 saturated carbocycles. The number of hydrogen-bond acceptors (Lipinski definition) is 3. The normalized spacial score (nSPS) is 16.2. The molecule has 0 saturated heterocycles. The molecule has 3 nitrogen and oxygen atoms in total. The Hall–Kier alpha value is -1.61. The zero-order valence-electron chi connectivity index (χ0n) is 11.0. The van der Waals surface area contributed by atoms with Gasteiger partial charge < -0.3 is 9.64 Å². The molecule has 0 radical (unpaired) electrons. The lowest BCUT2D eigenvalue weighted by Crippen LogP contribution is -2.23. The number of carbonyl (C=O) groups excluding carboxylic acids is 1. The van der Waals surface area contributed by atoms with Gasteiger partial charge in [0.25, 0.3) is 0 Å². The lowest BCUT2D eigenvalue weighted by atomic mass is 9.98. The Labute approximate surface area is 108 Å². The summed E-state index contributed by atoms with van der Waals surface area (Å²) < 4.78 is 4.97. The van der Waals surface area contributed by atoms with E-state index in [1.165, 1.54) is 11.1 Å². The van der Waals surface area contributed by atoms with Crippen molar-refractivity contribution >= 4 is 11.5 Å². The smallest absolute Gasteiger partial charge is 0.338 e. The summed E-state index contributed by atoms with van der Waals surface area (Å²) in [7, 11) is 2.12. The van der Waals surface area contributed by atoms with Crippen LogP contribution in [0.3, 0.4) is 0 Å². The second-order valence-corrected chi connectivity index (χ2v) is 4.54. The Morgan fingerprint density at radius 2 is 2.06 bits per heavy atom. The molecule has 0 aliphatic carbocycles. The van der Waals surface area contributed by atoms with E-state index in [0.29, 0.717) is 12.2 Å². The first-order valence-electron chi connectivity index (χ1n) is 6.36. The van der Waals surface area contributed by atoms with E-state index in [1.807, 2.05) is 31.2 Å². The van der Waals surface area contributed by atoms with Gasteiger partial charge in [-0.3, -0.25) is 0 Å². The first-order valence-corrected chi connectivity index (χ1v) is 6.36. The number of benzene rings is 1. The van der Waals surface area contributed by atoms with Crippen LogP contribution in [0.5, 0.6) is 0 Å². The molecule has 0 aromatic heterocycles. The molecular formula is C15H19NO2. The third-order valence-electron chi connectivity index (χ3n) is 3.18. The molecule has 0 amide bonds. The largest absolute Gasteiger partial charge is 0.462 e. The minimum Gasteiger partial charge on any atom is -0.462 e. The molecule has 1 aliphatic heterocycles. The molecule has 18 heavy (non-hydrogen) atoms. The molecule has 1 heterocycles. The van der Waals surface area contributed by atoms with Gasteiger partial charge in [0.1, 0.15) is 0 Å². The maximum absolute atomic E-state index is 11.5. The van der Waals surface area contributed by atoms with E-state index in [9.17, 15) is 4.79 Å². The van der Waals surface area contributed by atoms with Crippen LogP contribution < -0.4 is 0 Å². The van der Waals surface area contributed by atoms with Crippen molar-refractivity contribution in [3.63, 3.8) is 0 Å². The van der Waals surface area contributed by atoms with Crippen LogP contribution in [0.15, 0.2) is 30.3 Å². The molecule has 0 bridgehead atoms. The van der Waals surface area contributed by atoms with Crippen LogP contribution in [-0.4, -0.2) is 37.6 Å². The highest BCUT2D eigenvalue weighted by Crippen LogP contribution is 2.22. The van der Waals surface area contributed by atoms with E-state index in [2.05, 4.69) is 18.0 Å². The number of ether oxygens (including phenoxy) is 1. The first kappa shape index (κ1) is 12.8. The molecule has 0 fully saturated rings. The first-order chi connectivity index (χ1) is 8.70. The number of esters is 1. The van der Waals surface area contributed by atoms with Crippen molar-refractivity contribution in [2.75, 3.05) is 26.7 Å². The van der Waals surface area contributed by atoms with Crippen LogP contribution in [0, 0.1) is 0 Å². The van der Waals surface area contributed by atoms with Gasteiger partial charge in [-0.1, -0.05) is 18.2 Å². The van der Waals surface area contributed by atoms with E-state index in [0.717, 1.165) is 19.5 Å². The van der Waals surface area contributed by atoms with E-state index in [-0.39, 0.29) is 5.97 Å². The highest BCUT2D eigenvalue weighted by atomic mass is 16.5. The molecule has 3 heteroatoms. The van der Waals surface area contributed by atoms with Crippen molar-refractivity contribution in [3.8, 4) is 0 Å². The summed E-state index contributed by atoms with van der Waals surface area (Å²) in [5, 5.41) is 0. The minimum absolute atomic E-state index is 0.249. The average molecular weight is 245 g/mol. The minimum atomic E-state index is -0.249. The SMILES string of the molecule is CCOC(=O)c1ccc(C2=CCN(C)CC2)cc1. The zero-order valence-corrected chi connectivity index (χ0v) is 11.0. The van der Waals surface area contributed by atoms with Gasteiger partial charge in [-0.25, -0.2) is 4.79 Å². The number of rotatable bonds is 3.